The molecule has 124 valence electrons. The molecule has 3 aromatic rings. The third kappa shape index (κ3) is 3.40. The van der Waals surface area contributed by atoms with E-state index < -0.39 is 0 Å². The molecule has 0 radical (unpaired) electrons. The first-order chi connectivity index (χ1) is 11.3. The summed E-state index contributed by atoms with van der Waals surface area (Å²) < 4.78 is 1.88. The molecule has 0 bridgehead atoms. The highest BCUT2D eigenvalue weighted by atomic mass is 15.4. The van der Waals surface area contributed by atoms with Crippen LogP contribution in [-0.4, -0.2) is 15.0 Å². The summed E-state index contributed by atoms with van der Waals surface area (Å²) in [6.45, 7) is 10.9. The minimum Gasteiger partial charge on any atom is -0.249 e. The summed E-state index contributed by atoms with van der Waals surface area (Å²) in [7, 11) is 0. The standard InChI is InChI=1S/C21H25N3/c1-15(2)24-14-20(22-23-24)18-8-6-16(7-9-18)17-10-12-19(13-11-17)21(3,4)5/h6-15H,1-5H3. The Morgan fingerprint density at radius 3 is 1.75 bits per heavy atom. The highest BCUT2D eigenvalue weighted by Crippen LogP contribution is 2.27. The van der Waals surface area contributed by atoms with Crippen molar-refractivity contribution in [2.24, 2.45) is 0 Å². The number of hydrogen-bond donors (Lipinski definition) is 0. The van der Waals surface area contributed by atoms with Gasteiger partial charge in [-0.15, -0.1) is 5.10 Å². The van der Waals surface area contributed by atoms with Gasteiger partial charge in [0.25, 0.3) is 0 Å². The minimum atomic E-state index is 0.185. The Morgan fingerprint density at radius 1 is 0.792 bits per heavy atom. The van der Waals surface area contributed by atoms with Crippen LogP contribution in [0.5, 0.6) is 0 Å². The molecule has 0 N–H and O–H groups in total. The molecule has 1 heterocycles. The van der Waals surface area contributed by atoms with Gasteiger partial charge in [-0.3, -0.25) is 0 Å². The SMILES string of the molecule is CC(C)n1cc(-c2ccc(-c3ccc(C(C)(C)C)cc3)cc2)nn1. The number of rotatable bonds is 3. The monoisotopic (exact) mass is 319 g/mol. The maximum absolute atomic E-state index is 4.26. The van der Waals surface area contributed by atoms with Gasteiger partial charge in [0.2, 0.25) is 0 Å². The molecule has 24 heavy (non-hydrogen) atoms. The van der Waals surface area contributed by atoms with Crippen molar-refractivity contribution in [3.8, 4) is 22.4 Å². The predicted octanol–water partition coefficient (Wildman–Crippen LogP) is 5.49. The van der Waals surface area contributed by atoms with Crippen LogP contribution in [0.2, 0.25) is 0 Å². The summed E-state index contributed by atoms with van der Waals surface area (Å²) in [4.78, 5) is 0. The van der Waals surface area contributed by atoms with Crippen LogP contribution in [0.15, 0.2) is 54.7 Å². The van der Waals surface area contributed by atoms with E-state index in [1.807, 2.05) is 10.9 Å². The van der Waals surface area contributed by atoms with Gasteiger partial charge < -0.3 is 0 Å². The predicted molar refractivity (Wildman–Crippen MR) is 100.0 cm³/mol. The molecule has 1 aromatic heterocycles. The van der Waals surface area contributed by atoms with Crippen molar-refractivity contribution < 1.29 is 0 Å². The Hall–Kier alpha value is -2.42. The molecule has 0 aliphatic heterocycles. The number of benzene rings is 2. The first-order valence-electron chi connectivity index (χ1n) is 8.48. The Morgan fingerprint density at radius 2 is 1.29 bits per heavy atom. The van der Waals surface area contributed by atoms with Gasteiger partial charge in [-0.25, -0.2) is 4.68 Å². The molecule has 0 spiro atoms. The normalized spacial score (nSPS) is 11.9. The van der Waals surface area contributed by atoms with Crippen LogP contribution in [0.4, 0.5) is 0 Å². The van der Waals surface area contributed by atoms with Crippen LogP contribution in [0.1, 0.15) is 46.2 Å². The zero-order valence-electron chi connectivity index (χ0n) is 15.1. The van der Waals surface area contributed by atoms with E-state index in [0.29, 0.717) is 6.04 Å². The van der Waals surface area contributed by atoms with E-state index in [9.17, 15) is 0 Å². The molecule has 3 nitrogen and oxygen atoms in total. The topological polar surface area (TPSA) is 30.7 Å². The summed E-state index contributed by atoms with van der Waals surface area (Å²) in [5.74, 6) is 0. The molecule has 0 aliphatic rings. The lowest BCUT2D eigenvalue weighted by atomic mass is 9.86. The van der Waals surface area contributed by atoms with Crippen molar-refractivity contribution in [2.75, 3.05) is 0 Å². The summed E-state index contributed by atoms with van der Waals surface area (Å²) in [5.41, 5.74) is 6.00. The van der Waals surface area contributed by atoms with Gasteiger partial charge in [0.05, 0.1) is 6.20 Å². The summed E-state index contributed by atoms with van der Waals surface area (Å²) >= 11 is 0. The lowest BCUT2D eigenvalue weighted by molar-refractivity contribution is 0.514. The summed E-state index contributed by atoms with van der Waals surface area (Å²) in [5, 5.41) is 8.43. The Kier molecular flexibility index (Phi) is 4.27. The zero-order valence-corrected chi connectivity index (χ0v) is 15.1. The second-order valence-electron chi connectivity index (χ2n) is 7.58. The van der Waals surface area contributed by atoms with E-state index in [0.717, 1.165) is 11.3 Å². The Bertz CT molecular complexity index is 804. The van der Waals surface area contributed by atoms with E-state index >= 15 is 0 Å². The second kappa shape index (κ2) is 6.23. The number of nitrogens with zero attached hydrogens (tertiary/aromatic N) is 3. The Labute approximate surface area is 144 Å². The molecule has 0 saturated carbocycles. The number of hydrogen-bond acceptors (Lipinski definition) is 2. The van der Waals surface area contributed by atoms with Gasteiger partial charge in [-0.2, -0.15) is 0 Å². The average Bonchev–Trinajstić information content (AvgIpc) is 3.05. The highest BCUT2D eigenvalue weighted by molar-refractivity contribution is 5.68. The first kappa shape index (κ1) is 16.4. The van der Waals surface area contributed by atoms with Gasteiger partial charge in [-0.1, -0.05) is 74.5 Å². The van der Waals surface area contributed by atoms with E-state index in [-0.39, 0.29) is 5.41 Å². The third-order valence-corrected chi connectivity index (χ3v) is 4.30. The molecule has 0 unspecified atom stereocenters. The van der Waals surface area contributed by atoms with Crippen LogP contribution >= 0.6 is 0 Å². The van der Waals surface area contributed by atoms with Gasteiger partial charge in [0.1, 0.15) is 5.69 Å². The van der Waals surface area contributed by atoms with Crippen LogP contribution in [-0.2, 0) is 5.41 Å². The fraction of sp³-hybridized carbons (Fsp3) is 0.333. The minimum absolute atomic E-state index is 0.185. The van der Waals surface area contributed by atoms with Crippen molar-refractivity contribution in [1.82, 2.24) is 15.0 Å². The maximum atomic E-state index is 4.26. The van der Waals surface area contributed by atoms with Crippen LogP contribution in [0, 0.1) is 0 Å². The zero-order chi connectivity index (χ0) is 17.3. The highest BCUT2D eigenvalue weighted by Gasteiger charge is 2.13. The lowest BCUT2D eigenvalue weighted by Gasteiger charge is -2.19. The molecule has 0 atom stereocenters. The summed E-state index contributed by atoms with van der Waals surface area (Å²) in [6, 6.07) is 17.7. The van der Waals surface area contributed by atoms with E-state index in [1.165, 1.54) is 16.7 Å². The van der Waals surface area contributed by atoms with Crippen molar-refractivity contribution in [2.45, 2.75) is 46.1 Å². The van der Waals surface area contributed by atoms with Gasteiger partial charge in [0, 0.05) is 11.6 Å². The van der Waals surface area contributed by atoms with Gasteiger partial charge in [0.15, 0.2) is 0 Å². The molecule has 2 aromatic carbocycles. The maximum Gasteiger partial charge on any atom is 0.113 e. The molecular weight excluding hydrogens is 294 g/mol. The second-order valence-corrected chi connectivity index (χ2v) is 7.58. The molecule has 0 aliphatic carbocycles. The van der Waals surface area contributed by atoms with E-state index in [4.69, 9.17) is 0 Å². The fourth-order valence-corrected chi connectivity index (χ4v) is 2.66. The summed E-state index contributed by atoms with van der Waals surface area (Å²) in [6.07, 6.45) is 2.00. The molecular formula is C21H25N3. The molecule has 0 saturated heterocycles. The van der Waals surface area contributed by atoms with Gasteiger partial charge in [-0.05, 0) is 36.0 Å². The first-order valence-corrected chi connectivity index (χ1v) is 8.48. The molecule has 0 amide bonds. The average molecular weight is 319 g/mol. The third-order valence-electron chi connectivity index (χ3n) is 4.30. The van der Waals surface area contributed by atoms with Crippen molar-refractivity contribution in [3.63, 3.8) is 0 Å². The van der Waals surface area contributed by atoms with Crippen molar-refractivity contribution >= 4 is 0 Å². The van der Waals surface area contributed by atoms with E-state index in [2.05, 4.69) is 93.5 Å². The molecule has 3 heteroatoms. The van der Waals surface area contributed by atoms with Crippen LogP contribution in [0.25, 0.3) is 22.4 Å². The Balaban J connectivity index is 1.83. The smallest absolute Gasteiger partial charge is 0.113 e. The number of aromatic nitrogens is 3. The van der Waals surface area contributed by atoms with Crippen molar-refractivity contribution in [1.29, 1.82) is 0 Å². The fourth-order valence-electron chi connectivity index (χ4n) is 2.66. The quantitative estimate of drug-likeness (QED) is 0.639. The van der Waals surface area contributed by atoms with Crippen LogP contribution < -0.4 is 0 Å². The molecule has 3 rings (SSSR count). The van der Waals surface area contributed by atoms with Crippen molar-refractivity contribution in [3.05, 3.63) is 60.3 Å². The van der Waals surface area contributed by atoms with Gasteiger partial charge >= 0.3 is 0 Å². The lowest BCUT2D eigenvalue weighted by Crippen LogP contribution is -2.10. The van der Waals surface area contributed by atoms with Crippen LogP contribution in [0.3, 0.4) is 0 Å². The van der Waals surface area contributed by atoms with E-state index in [1.54, 1.807) is 0 Å². The molecule has 0 fully saturated rings. The largest absolute Gasteiger partial charge is 0.249 e.